The third-order valence-corrected chi connectivity index (χ3v) is 3.47. The van der Waals surface area contributed by atoms with Crippen LogP contribution in [0.4, 0.5) is 9.59 Å². The minimum absolute atomic E-state index is 0.126. The number of hydrogen-bond donors (Lipinski definition) is 1. The summed E-state index contributed by atoms with van der Waals surface area (Å²) in [5.74, 6) is 0. The Morgan fingerprint density at radius 1 is 1.45 bits per heavy atom. The van der Waals surface area contributed by atoms with Crippen LogP contribution < -0.4 is 5.32 Å². The molecule has 1 atom stereocenters. The molecule has 0 radical (unpaired) electrons. The first kappa shape index (κ1) is 15.9. The number of ether oxygens (including phenoxy) is 1. The van der Waals surface area contributed by atoms with Crippen molar-refractivity contribution in [1.82, 2.24) is 10.2 Å². The van der Waals surface area contributed by atoms with Crippen molar-refractivity contribution in [2.24, 2.45) is 0 Å². The van der Waals surface area contributed by atoms with E-state index in [2.05, 4.69) is 5.32 Å². The number of nitriles is 1. The van der Waals surface area contributed by atoms with E-state index in [1.165, 1.54) is 0 Å². The lowest BCUT2D eigenvalue weighted by molar-refractivity contribution is 0.104. The molecule has 1 aliphatic heterocycles. The standard InChI is InChI=1S/C15H14ClN3O3/c1-3-22-15(21)19-13(10-4-6-11(16)7-5-10)12(8-17)9(2)18-14(19)20/h4-7,13H,3H2,1-2H3,(H,18,20). The minimum atomic E-state index is -0.838. The lowest BCUT2D eigenvalue weighted by atomic mass is 9.95. The van der Waals surface area contributed by atoms with Gasteiger partial charge in [-0.2, -0.15) is 5.26 Å². The molecule has 7 heteroatoms. The summed E-state index contributed by atoms with van der Waals surface area (Å²) in [6.45, 7) is 3.38. The third-order valence-electron chi connectivity index (χ3n) is 3.22. The Balaban J connectivity index is 2.55. The molecule has 1 aromatic rings. The SMILES string of the molecule is CCOC(=O)N1C(=O)NC(C)=C(C#N)C1c1ccc(Cl)cc1. The zero-order chi connectivity index (χ0) is 16.3. The molecule has 0 aliphatic carbocycles. The van der Waals surface area contributed by atoms with Crippen molar-refractivity contribution in [3.8, 4) is 6.07 Å². The number of allylic oxidation sites excluding steroid dienone is 1. The van der Waals surface area contributed by atoms with Gasteiger partial charge in [0.05, 0.1) is 18.2 Å². The van der Waals surface area contributed by atoms with Crippen molar-refractivity contribution in [1.29, 1.82) is 5.26 Å². The van der Waals surface area contributed by atoms with E-state index in [4.69, 9.17) is 16.3 Å². The molecule has 1 N–H and O–H groups in total. The van der Waals surface area contributed by atoms with Gasteiger partial charge in [-0.25, -0.2) is 14.5 Å². The van der Waals surface area contributed by atoms with Gasteiger partial charge in [0.25, 0.3) is 0 Å². The monoisotopic (exact) mass is 319 g/mol. The van der Waals surface area contributed by atoms with E-state index < -0.39 is 18.2 Å². The Morgan fingerprint density at radius 3 is 2.64 bits per heavy atom. The largest absolute Gasteiger partial charge is 0.449 e. The summed E-state index contributed by atoms with van der Waals surface area (Å²) in [6.07, 6.45) is -0.805. The van der Waals surface area contributed by atoms with Gasteiger partial charge >= 0.3 is 12.1 Å². The predicted molar refractivity (Wildman–Crippen MR) is 79.9 cm³/mol. The molecule has 1 heterocycles. The van der Waals surface area contributed by atoms with Crippen molar-refractivity contribution in [3.63, 3.8) is 0 Å². The number of rotatable bonds is 2. The highest BCUT2D eigenvalue weighted by molar-refractivity contribution is 6.30. The molecule has 0 aromatic heterocycles. The molecule has 0 saturated heterocycles. The lowest BCUT2D eigenvalue weighted by Gasteiger charge is -2.34. The highest BCUT2D eigenvalue weighted by Crippen LogP contribution is 2.34. The molecule has 22 heavy (non-hydrogen) atoms. The molecule has 0 saturated carbocycles. The first-order valence-corrected chi connectivity index (χ1v) is 7.00. The molecule has 1 aliphatic rings. The molecular formula is C15H14ClN3O3. The fourth-order valence-electron chi connectivity index (χ4n) is 2.23. The van der Waals surface area contributed by atoms with Crippen molar-refractivity contribution < 1.29 is 14.3 Å². The number of halogens is 1. The zero-order valence-corrected chi connectivity index (χ0v) is 12.8. The van der Waals surface area contributed by atoms with Crippen LogP contribution in [0, 0.1) is 11.3 Å². The molecule has 0 fully saturated rings. The van der Waals surface area contributed by atoms with Crippen LogP contribution in [0.15, 0.2) is 35.5 Å². The van der Waals surface area contributed by atoms with Crippen LogP contribution in [0.2, 0.25) is 5.02 Å². The maximum atomic E-state index is 12.2. The van der Waals surface area contributed by atoms with Gasteiger partial charge in [-0.1, -0.05) is 23.7 Å². The fraction of sp³-hybridized carbons (Fsp3) is 0.267. The molecule has 6 nitrogen and oxygen atoms in total. The Hall–Kier alpha value is -2.52. The molecule has 3 amide bonds. The molecule has 1 aromatic carbocycles. The van der Waals surface area contributed by atoms with E-state index in [9.17, 15) is 14.9 Å². The summed E-state index contributed by atoms with van der Waals surface area (Å²) in [7, 11) is 0. The Labute approximate surface area is 132 Å². The number of carbonyl (C=O) groups excluding carboxylic acids is 2. The topological polar surface area (TPSA) is 82.4 Å². The minimum Gasteiger partial charge on any atom is -0.449 e. The second-order valence-electron chi connectivity index (χ2n) is 4.60. The van der Waals surface area contributed by atoms with Crippen LogP contribution in [0.1, 0.15) is 25.5 Å². The van der Waals surface area contributed by atoms with E-state index in [1.807, 2.05) is 6.07 Å². The summed E-state index contributed by atoms with van der Waals surface area (Å²) in [5.41, 5.74) is 1.28. The number of hydrogen-bond acceptors (Lipinski definition) is 4. The maximum Gasteiger partial charge on any atom is 0.418 e. The summed E-state index contributed by atoms with van der Waals surface area (Å²) in [5, 5.41) is 12.4. The first-order valence-electron chi connectivity index (χ1n) is 6.62. The van der Waals surface area contributed by atoms with Gasteiger partial charge in [-0.15, -0.1) is 0 Å². The number of urea groups is 1. The number of nitrogens with zero attached hydrogens (tertiary/aromatic N) is 2. The highest BCUT2D eigenvalue weighted by Gasteiger charge is 2.39. The molecule has 0 spiro atoms. The van der Waals surface area contributed by atoms with E-state index >= 15 is 0 Å². The van der Waals surface area contributed by atoms with Gasteiger partial charge in [0, 0.05) is 10.7 Å². The Bertz CT molecular complexity index is 676. The smallest absolute Gasteiger partial charge is 0.418 e. The number of carbonyl (C=O) groups is 2. The zero-order valence-electron chi connectivity index (χ0n) is 12.1. The summed E-state index contributed by atoms with van der Waals surface area (Å²) in [4.78, 5) is 25.2. The van der Waals surface area contributed by atoms with Crippen LogP contribution >= 0.6 is 11.6 Å². The van der Waals surface area contributed by atoms with Gasteiger partial charge in [-0.05, 0) is 31.5 Å². The molecule has 1 unspecified atom stereocenters. The number of nitrogens with one attached hydrogen (secondary N) is 1. The van der Waals surface area contributed by atoms with Gasteiger partial charge in [0.2, 0.25) is 0 Å². The van der Waals surface area contributed by atoms with Crippen molar-refractivity contribution in [2.45, 2.75) is 19.9 Å². The van der Waals surface area contributed by atoms with Crippen molar-refractivity contribution in [2.75, 3.05) is 6.61 Å². The second kappa shape index (κ2) is 6.50. The predicted octanol–water partition coefficient (Wildman–Crippen LogP) is 3.36. The fourth-order valence-corrected chi connectivity index (χ4v) is 2.35. The van der Waals surface area contributed by atoms with Crippen molar-refractivity contribution >= 4 is 23.7 Å². The van der Waals surface area contributed by atoms with E-state index in [0.717, 1.165) is 4.90 Å². The van der Waals surface area contributed by atoms with E-state index in [-0.39, 0.29) is 12.2 Å². The van der Waals surface area contributed by atoms with E-state index in [1.54, 1.807) is 38.1 Å². The van der Waals surface area contributed by atoms with Gasteiger partial charge in [-0.3, -0.25) is 0 Å². The number of amides is 3. The average molecular weight is 320 g/mol. The van der Waals surface area contributed by atoms with Crippen molar-refractivity contribution in [3.05, 3.63) is 46.1 Å². The summed E-state index contributed by atoms with van der Waals surface area (Å²) >= 11 is 5.87. The van der Waals surface area contributed by atoms with Crippen LogP contribution in [0.25, 0.3) is 0 Å². The normalized spacial score (nSPS) is 17.8. The van der Waals surface area contributed by atoms with Crippen LogP contribution in [0.3, 0.4) is 0 Å². The van der Waals surface area contributed by atoms with Crippen LogP contribution in [0.5, 0.6) is 0 Å². The lowest BCUT2D eigenvalue weighted by Crippen LogP contribution is -2.50. The Kier molecular flexibility index (Phi) is 4.68. The van der Waals surface area contributed by atoms with Gasteiger partial charge in [0.15, 0.2) is 0 Å². The average Bonchev–Trinajstić information content (AvgIpc) is 2.47. The van der Waals surface area contributed by atoms with E-state index in [0.29, 0.717) is 16.3 Å². The van der Waals surface area contributed by atoms with Gasteiger partial charge in [0.1, 0.15) is 6.04 Å². The molecular weight excluding hydrogens is 306 g/mol. The Morgan fingerprint density at radius 2 is 2.09 bits per heavy atom. The first-order chi connectivity index (χ1) is 10.5. The summed E-state index contributed by atoms with van der Waals surface area (Å²) < 4.78 is 4.92. The highest BCUT2D eigenvalue weighted by atomic mass is 35.5. The van der Waals surface area contributed by atoms with Gasteiger partial charge < -0.3 is 10.1 Å². The van der Waals surface area contributed by atoms with Crippen LogP contribution in [-0.2, 0) is 4.74 Å². The maximum absolute atomic E-state index is 12.2. The second-order valence-corrected chi connectivity index (χ2v) is 5.04. The third kappa shape index (κ3) is 2.90. The van der Waals surface area contributed by atoms with Crippen LogP contribution in [-0.4, -0.2) is 23.6 Å². The molecule has 0 bridgehead atoms. The molecule has 114 valence electrons. The summed E-state index contributed by atoms with van der Waals surface area (Å²) in [6, 6.07) is 7.19. The number of imide groups is 1. The molecule has 2 rings (SSSR count). The quantitative estimate of drug-likeness (QED) is 0.906. The number of benzene rings is 1.